The van der Waals surface area contributed by atoms with Gasteiger partial charge in [-0.2, -0.15) is 13.2 Å². The molecule has 0 saturated carbocycles. The van der Waals surface area contributed by atoms with Crippen molar-refractivity contribution in [2.24, 2.45) is 0 Å². The number of halogens is 7. The van der Waals surface area contributed by atoms with Gasteiger partial charge in [-0.15, -0.1) is 0 Å². The van der Waals surface area contributed by atoms with Crippen LogP contribution < -0.4 is 9.64 Å². The number of nitrogens with zero attached hydrogens (tertiary/aromatic N) is 1. The van der Waals surface area contributed by atoms with Crippen molar-refractivity contribution < 1.29 is 50.1 Å². The molecule has 0 aliphatic carbocycles. The zero-order valence-electron chi connectivity index (χ0n) is 18.3. The van der Waals surface area contributed by atoms with Crippen LogP contribution in [0.1, 0.15) is 5.56 Å². The molecule has 190 valence electrons. The summed E-state index contributed by atoms with van der Waals surface area (Å²) in [5.41, 5.74) is -2.59. The van der Waals surface area contributed by atoms with Gasteiger partial charge in [0.2, 0.25) is 0 Å². The summed E-state index contributed by atoms with van der Waals surface area (Å²) in [6, 6.07) is 1.75. The highest BCUT2D eigenvalue weighted by Gasteiger charge is 2.34. The van der Waals surface area contributed by atoms with Gasteiger partial charge in [-0.05, 0) is 46.3 Å². The quantitative estimate of drug-likeness (QED) is 0.313. The second kappa shape index (κ2) is 10.5. The van der Waals surface area contributed by atoms with Gasteiger partial charge in [0.15, 0.2) is 23.1 Å². The van der Waals surface area contributed by atoms with E-state index in [1.165, 1.54) is 24.4 Å². The lowest BCUT2D eigenvalue weighted by Crippen LogP contribution is -2.27. The van der Waals surface area contributed by atoms with Crippen LogP contribution in [0.25, 0.3) is 0 Å². The van der Waals surface area contributed by atoms with Gasteiger partial charge in [0, 0.05) is 12.3 Å². The lowest BCUT2D eigenvalue weighted by atomic mass is 10.1. The molecule has 36 heavy (non-hydrogen) atoms. The summed E-state index contributed by atoms with van der Waals surface area (Å²) in [5, 5.41) is 0. The highest BCUT2D eigenvalue weighted by Crippen LogP contribution is 2.42. The Bertz CT molecular complexity index is 1300. The fourth-order valence-electron chi connectivity index (χ4n) is 3.07. The Morgan fingerprint density at radius 2 is 1.50 bits per heavy atom. The van der Waals surface area contributed by atoms with E-state index in [1.54, 1.807) is 0 Å². The Labute approximate surface area is 208 Å². The number of rotatable bonds is 5. The summed E-state index contributed by atoms with van der Waals surface area (Å²) in [4.78, 5) is 26.0. The van der Waals surface area contributed by atoms with Crippen molar-refractivity contribution in [3.63, 3.8) is 0 Å². The number of hydrogen-bond acceptors (Lipinski definition) is 6. The van der Waals surface area contributed by atoms with E-state index in [2.05, 4.69) is 15.9 Å². The first-order chi connectivity index (χ1) is 16.9. The maximum atomic E-state index is 14.5. The predicted octanol–water partition coefficient (Wildman–Crippen LogP) is 6.17. The summed E-state index contributed by atoms with van der Waals surface area (Å²) in [6.07, 6.45) is 0.139. The molecule has 0 radical (unpaired) electrons. The first kappa shape index (κ1) is 26.9. The number of hydrogen-bond donors (Lipinski definition) is 0. The molecule has 0 atom stereocenters. The van der Waals surface area contributed by atoms with E-state index in [0.717, 1.165) is 25.2 Å². The number of carbonyl (C=O) groups excluding carboxylic acids is 2. The molecular weight excluding hydrogens is 564 g/mol. The zero-order chi connectivity index (χ0) is 26.8. The van der Waals surface area contributed by atoms with Crippen molar-refractivity contribution in [2.75, 3.05) is 19.1 Å². The molecule has 1 aliphatic rings. The SMILES string of the molecule is COC(=O)C1=C(C(=O)OC)N(c2cc(Br)c(F)cc2Oc2c(F)cc(C(F)(F)F)cc2F)C=CC=C1. The number of carbonyl (C=O) groups is 2. The molecule has 0 aromatic heterocycles. The largest absolute Gasteiger partial charge is 0.465 e. The number of alkyl halides is 3. The molecular formula is C23H14BrF6NO5. The van der Waals surface area contributed by atoms with E-state index < -0.39 is 58.3 Å². The van der Waals surface area contributed by atoms with Crippen LogP contribution >= 0.6 is 15.9 Å². The topological polar surface area (TPSA) is 65.1 Å². The molecule has 0 saturated heterocycles. The van der Waals surface area contributed by atoms with E-state index in [4.69, 9.17) is 14.2 Å². The standard InChI is InChI=1S/C23H14BrF6NO5/c1-34-21(32)12-5-3-4-6-31(19(12)22(33)35-2)17-9-13(24)14(25)10-18(17)36-20-15(26)7-11(8-16(20)27)23(28,29)30/h3-10H,1-2H3. The molecule has 1 heterocycles. The second-order valence-electron chi connectivity index (χ2n) is 6.92. The Balaban J connectivity index is 2.24. The Morgan fingerprint density at radius 1 is 0.889 bits per heavy atom. The van der Waals surface area contributed by atoms with Gasteiger partial charge in [0.25, 0.3) is 0 Å². The van der Waals surface area contributed by atoms with E-state index in [9.17, 15) is 35.9 Å². The smallest absolute Gasteiger partial charge is 0.416 e. The molecule has 2 aromatic carbocycles. The van der Waals surface area contributed by atoms with Gasteiger partial charge in [-0.25, -0.2) is 22.8 Å². The predicted molar refractivity (Wildman–Crippen MR) is 117 cm³/mol. The van der Waals surface area contributed by atoms with Gasteiger partial charge in [0.1, 0.15) is 11.5 Å². The number of methoxy groups -OCH3 is 2. The van der Waals surface area contributed by atoms with Crippen LogP contribution in [-0.2, 0) is 25.2 Å². The number of allylic oxidation sites excluding steroid dienone is 2. The minimum absolute atomic E-state index is 0.0121. The third-order valence-corrected chi connectivity index (χ3v) is 5.30. The van der Waals surface area contributed by atoms with Crippen molar-refractivity contribution in [1.82, 2.24) is 0 Å². The lowest BCUT2D eigenvalue weighted by molar-refractivity contribution is -0.139. The molecule has 0 N–H and O–H groups in total. The first-order valence-corrected chi connectivity index (χ1v) is 10.5. The van der Waals surface area contributed by atoms with Gasteiger partial charge in [-0.1, -0.05) is 6.08 Å². The van der Waals surface area contributed by atoms with Crippen molar-refractivity contribution >= 4 is 33.6 Å². The summed E-state index contributed by atoms with van der Waals surface area (Å²) >= 11 is 2.95. The molecule has 6 nitrogen and oxygen atoms in total. The number of benzene rings is 2. The number of anilines is 1. The lowest BCUT2D eigenvalue weighted by Gasteiger charge is -2.25. The van der Waals surface area contributed by atoms with E-state index >= 15 is 0 Å². The zero-order valence-corrected chi connectivity index (χ0v) is 19.8. The molecule has 3 rings (SSSR count). The summed E-state index contributed by atoms with van der Waals surface area (Å²) < 4.78 is 96.5. The number of esters is 2. The normalized spacial score (nSPS) is 13.5. The highest BCUT2D eigenvalue weighted by molar-refractivity contribution is 9.10. The minimum Gasteiger partial charge on any atom is -0.465 e. The molecule has 0 bridgehead atoms. The van der Waals surface area contributed by atoms with Crippen molar-refractivity contribution in [2.45, 2.75) is 6.18 Å². The summed E-state index contributed by atoms with van der Waals surface area (Å²) in [7, 11) is 2.07. The van der Waals surface area contributed by atoms with Gasteiger partial charge in [0.05, 0.1) is 35.5 Å². The molecule has 13 heteroatoms. The monoisotopic (exact) mass is 577 g/mol. The minimum atomic E-state index is -5.04. The first-order valence-electron chi connectivity index (χ1n) is 9.67. The maximum absolute atomic E-state index is 14.5. The fraction of sp³-hybridized carbons (Fsp3) is 0.130. The molecule has 0 spiro atoms. The Morgan fingerprint density at radius 3 is 2.06 bits per heavy atom. The van der Waals surface area contributed by atoms with Crippen LogP contribution in [0.15, 0.2) is 64.4 Å². The van der Waals surface area contributed by atoms with Crippen LogP contribution in [0.4, 0.5) is 32.0 Å². The van der Waals surface area contributed by atoms with E-state index in [1.807, 2.05) is 0 Å². The maximum Gasteiger partial charge on any atom is 0.416 e. The van der Waals surface area contributed by atoms with Crippen molar-refractivity contribution in [3.05, 3.63) is 87.5 Å². The molecule has 0 fully saturated rings. The number of ether oxygens (including phenoxy) is 3. The molecule has 2 aromatic rings. The van der Waals surface area contributed by atoms with Gasteiger partial charge >= 0.3 is 18.1 Å². The van der Waals surface area contributed by atoms with Crippen molar-refractivity contribution in [3.8, 4) is 11.5 Å². The molecule has 0 unspecified atom stereocenters. The van der Waals surface area contributed by atoms with Crippen molar-refractivity contribution in [1.29, 1.82) is 0 Å². The van der Waals surface area contributed by atoms with Crippen LogP contribution in [0.5, 0.6) is 11.5 Å². The third kappa shape index (κ3) is 5.40. The molecule has 0 amide bonds. The Kier molecular flexibility index (Phi) is 7.82. The molecule has 1 aliphatic heterocycles. The van der Waals surface area contributed by atoms with E-state index in [-0.39, 0.29) is 27.9 Å². The second-order valence-corrected chi connectivity index (χ2v) is 7.77. The van der Waals surface area contributed by atoms with Crippen LogP contribution in [0.3, 0.4) is 0 Å². The summed E-state index contributed by atoms with van der Waals surface area (Å²) in [6.45, 7) is 0. The van der Waals surface area contributed by atoms with Crippen LogP contribution in [0.2, 0.25) is 0 Å². The van der Waals surface area contributed by atoms with Crippen LogP contribution in [-0.4, -0.2) is 26.2 Å². The highest BCUT2D eigenvalue weighted by atomic mass is 79.9. The van der Waals surface area contributed by atoms with Crippen LogP contribution in [0, 0.1) is 17.5 Å². The van der Waals surface area contributed by atoms with E-state index in [0.29, 0.717) is 6.07 Å². The van der Waals surface area contributed by atoms with Gasteiger partial charge < -0.3 is 19.1 Å². The third-order valence-electron chi connectivity index (χ3n) is 4.69. The average molecular weight is 578 g/mol. The Hall–Kier alpha value is -3.74. The fourth-order valence-corrected chi connectivity index (χ4v) is 3.40. The summed E-state index contributed by atoms with van der Waals surface area (Å²) in [5.74, 6) is -8.30. The van der Waals surface area contributed by atoms with Gasteiger partial charge in [-0.3, -0.25) is 0 Å². The average Bonchev–Trinajstić information content (AvgIpc) is 3.04.